The zero-order valence-corrected chi connectivity index (χ0v) is 16.7. The van der Waals surface area contributed by atoms with E-state index >= 15 is 0 Å². The van der Waals surface area contributed by atoms with Gasteiger partial charge in [0.1, 0.15) is 5.60 Å². The monoisotopic (exact) mass is 353 g/mol. The summed E-state index contributed by atoms with van der Waals surface area (Å²) in [7, 11) is 1.79. The van der Waals surface area contributed by atoms with E-state index in [9.17, 15) is 9.59 Å². The van der Waals surface area contributed by atoms with Crippen molar-refractivity contribution in [2.75, 3.05) is 33.2 Å². The summed E-state index contributed by atoms with van der Waals surface area (Å²) in [6.07, 6.45) is 2.79. The SMILES string of the molecule is CC1CCN(C(=O)[C@@H](C)N2CC[C@H](N(C)C(=O)OC(C)(C)C)C2)CC1. The van der Waals surface area contributed by atoms with E-state index in [4.69, 9.17) is 4.74 Å². The number of ether oxygens (including phenoxy) is 1. The Bertz CT molecular complexity index is 481. The van der Waals surface area contributed by atoms with Crippen LogP contribution in [0.25, 0.3) is 0 Å². The molecule has 6 nitrogen and oxygen atoms in total. The van der Waals surface area contributed by atoms with Crippen LogP contribution in [0.5, 0.6) is 0 Å². The molecule has 0 spiro atoms. The number of nitrogens with zero attached hydrogens (tertiary/aromatic N) is 3. The summed E-state index contributed by atoms with van der Waals surface area (Å²) in [5.74, 6) is 0.950. The number of hydrogen-bond donors (Lipinski definition) is 0. The fourth-order valence-electron chi connectivity index (χ4n) is 3.57. The van der Waals surface area contributed by atoms with Gasteiger partial charge in [-0.3, -0.25) is 9.69 Å². The maximum Gasteiger partial charge on any atom is 0.410 e. The van der Waals surface area contributed by atoms with Gasteiger partial charge in [-0.2, -0.15) is 0 Å². The lowest BCUT2D eigenvalue weighted by molar-refractivity contribution is -0.137. The number of hydrogen-bond acceptors (Lipinski definition) is 4. The van der Waals surface area contributed by atoms with Crippen LogP contribution < -0.4 is 0 Å². The topological polar surface area (TPSA) is 53.1 Å². The normalized spacial score (nSPS) is 24.2. The Hall–Kier alpha value is -1.30. The summed E-state index contributed by atoms with van der Waals surface area (Å²) < 4.78 is 5.45. The lowest BCUT2D eigenvalue weighted by atomic mass is 9.99. The number of piperidine rings is 1. The van der Waals surface area contributed by atoms with Gasteiger partial charge in [0.05, 0.1) is 6.04 Å². The predicted octanol–water partition coefficient (Wildman–Crippen LogP) is 2.57. The number of likely N-dealkylation sites (tertiary alicyclic amines) is 2. The van der Waals surface area contributed by atoms with E-state index in [0.29, 0.717) is 0 Å². The Morgan fingerprint density at radius 2 is 1.72 bits per heavy atom. The zero-order valence-electron chi connectivity index (χ0n) is 16.7. The Morgan fingerprint density at radius 3 is 2.28 bits per heavy atom. The highest BCUT2D eigenvalue weighted by Crippen LogP contribution is 2.22. The van der Waals surface area contributed by atoms with Crippen LogP contribution in [0, 0.1) is 5.92 Å². The standard InChI is InChI=1S/C19H35N3O3/c1-14-7-10-21(11-8-14)17(23)15(2)22-12-9-16(13-22)20(6)18(24)25-19(3,4)5/h14-16H,7-13H2,1-6H3/t15-,16+/m1/s1. The summed E-state index contributed by atoms with van der Waals surface area (Å²) in [4.78, 5) is 30.9. The highest BCUT2D eigenvalue weighted by atomic mass is 16.6. The lowest BCUT2D eigenvalue weighted by Gasteiger charge is -2.35. The van der Waals surface area contributed by atoms with Gasteiger partial charge < -0.3 is 14.5 Å². The molecule has 2 aliphatic heterocycles. The van der Waals surface area contributed by atoms with E-state index in [1.54, 1.807) is 11.9 Å². The quantitative estimate of drug-likeness (QED) is 0.782. The van der Waals surface area contributed by atoms with Crippen molar-refractivity contribution < 1.29 is 14.3 Å². The Labute approximate surface area is 152 Å². The van der Waals surface area contributed by atoms with Crippen molar-refractivity contribution >= 4 is 12.0 Å². The third kappa shape index (κ3) is 5.33. The molecule has 0 bridgehead atoms. The molecular weight excluding hydrogens is 318 g/mol. The van der Waals surface area contributed by atoms with Crippen molar-refractivity contribution in [3.63, 3.8) is 0 Å². The van der Waals surface area contributed by atoms with Crippen LogP contribution >= 0.6 is 0 Å². The minimum atomic E-state index is -0.488. The van der Waals surface area contributed by atoms with Crippen LogP contribution in [-0.2, 0) is 9.53 Å². The Balaban J connectivity index is 1.86. The number of carbonyl (C=O) groups is 2. The van der Waals surface area contributed by atoms with Crippen LogP contribution in [0.3, 0.4) is 0 Å². The first kappa shape index (κ1) is 20.0. The van der Waals surface area contributed by atoms with Crippen LogP contribution in [0.2, 0.25) is 0 Å². The molecule has 144 valence electrons. The highest BCUT2D eigenvalue weighted by Gasteiger charge is 2.36. The first-order valence-corrected chi connectivity index (χ1v) is 9.57. The zero-order chi connectivity index (χ0) is 18.8. The molecule has 2 atom stereocenters. The first-order valence-electron chi connectivity index (χ1n) is 9.57. The molecule has 0 aliphatic carbocycles. The van der Waals surface area contributed by atoms with E-state index in [-0.39, 0.29) is 24.1 Å². The summed E-state index contributed by atoms with van der Waals surface area (Å²) >= 11 is 0. The number of carbonyl (C=O) groups excluding carboxylic acids is 2. The van der Waals surface area contributed by atoms with Gasteiger partial charge in [0.2, 0.25) is 5.91 Å². The number of rotatable bonds is 3. The molecule has 2 aliphatic rings. The summed E-state index contributed by atoms with van der Waals surface area (Å²) in [6, 6.07) is -0.0167. The van der Waals surface area contributed by atoms with Gasteiger partial charge in [-0.15, -0.1) is 0 Å². The molecule has 2 fully saturated rings. The minimum absolute atomic E-state index is 0.103. The fraction of sp³-hybridized carbons (Fsp3) is 0.895. The van der Waals surface area contributed by atoms with Crippen LogP contribution in [0.1, 0.15) is 53.9 Å². The molecule has 0 aromatic rings. The summed E-state index contributed by atoms with van der Waals surface area (Å²) in [6.45, 7) is 13.2. The predicted molar refractivity (Wildman–Crippen MR) is 98.4 cm³/mol. The second-order valence-corrected chi connectivity index (χ2v) is 8.71. The molecule has 0 N–H and O–H groups in total. The van der Waals surface area contributed by atoms with Crippen LogP contribution in [0.4, 0.5) is 4.79 Å². The Kier molecular flexibility index (Phi) is 6.35. The Morgan fingerprint density at radius 1 is 1.12 bits per heavy atom. The van der Waals surface area contributed by atoms with Crippen molar-refractivity contribution in [3.05, 3.63) is 0 Å². The van der Waals surface area contributed by atoms with Crippen molar-refractivity contribution in [2.24, 2.45) is 5.92 Å². The van der Waals surface area contributed by atoms with Crippen molar-refractivity contribution in [1.29, 1.82) is 0 Å². The van der Waals surface area contributed by atoms with Crippen molar-refractivity contribution in [2.45, 2.75) is 71.6 Å². The first-order chi connectivity index (χ1) is 11.6. The molecule has 2 amide bonds. The average Bonchev–Trinajstić information content (AvgIpc) is 3.01. The largest absolute Gasteiger partial charge is 0.444 e. The maximum absolute atomic E-state index is 12.8. The third-order valence-electron chi connectivity index (χ3n) is 5.42. The molecule has 0 aromatic heterocycles. The molecule has 2 heterocycles. The minimum Gasteiger partial charge on any atom is -0.444 e. The van der Waals surface area contributed by atoms with Gasteiger partial charge >= 0.3 is 6.09 Å². The van der Waals surface area contributed by atoms with E-state index in [1.165, 1.54) is 0 Å². The van der Waals surface area contributed by atoms with Gasteiger partial charge in [0, 0.05) is 39.3 Å². The molecule has 2 rings (SSSR count). The van der Waals surface area contributed by atoms with E-state index in [0.717, 1.165) is 51.4 Å². The average molecular weight is 354 g/mol. The summed E-state index contributed by atoms with van der Waals surface area (Å²) in [5, 5.41) is 0. The maximum atomic E-state index is 12.8. The molecule has 0 saturated carbocycles. The highest BCUT2D eigenvalue weighted by molar-refractivity contribution is 5.81. The van der Waals surface area contributed by atoms with Gasteiger partial charge in [0.15, 0.2) is 0 Å². The van der Waals surface area contributed by atoms with Gasteiger partial charge in [0.25, 0.3) is 0 Å². The molecule has 0 radical (unpaired) electrons. The van der Waals surface area contributed by atoms with Gasteiger partial charge in [-0.05, 0) is 52.9 Å². The second kappa shape index (κ2) is 7.94. The molecule has 0 unspecified atom stereocenters. The fourth-order valence-corrected chi connectivity index (χ4v) is 3.57. The second-order valence-electron chi connectivity index (χ2n) is 8.71. The van der Waals surface area contributed by atoms with Gasteiger partial charge in [-0.25, -0.2) is 4.79 Å². The van der Waals surface area contributed by atoms with Crippen molar-refractivity contribution in [1.82, 2.24) is 14.7 Å². The van der Waals surface area contributed by atoms with E-state index in [2.05, 4.69) is 11.8 Å². The smallest absolute Gasteiger partial charge is 0.410 e. The van der Waals surface area contributed by atoms with Crippen LogP contribution in [-0.4, -0.2) is 77.6 Å². The van der Waals surface area contributed by atoms with Gasteiger partial charge in [-0.1, -0.05) is 6.92 Å². The molecule has 0 aromatic carbocycles. The molecule has 25 heavy (non-hydrogen) atoms. The lowest BCUT2D eigenvalue weighted by Crippen LogP contribution is -2.49. The van der Waals surface area contributed by atoms with Crippen LogP contribution in [0.15, 0.2) is 0 Å². The third-order valence-corrected chi connectivity index (χ3v) is 5.42. The van der Waals surface area contributed by atoms with E-state index < -0.39 is 5.60 Å². The number of likely N-dealkylation sites (N-methyl/N-ethyl adjacent to an activating group) is 1. The molecule has 6 heteroatoms. The molecule has 2 saturated heterocycles. The van der Waals surface area contributed by atoms with E-state index in [1.807, 2.05) is 32.6 Å². The van der Waals surface area contributed by atoms with Crippen molar-refractivity contribution in [3.8, 4) is 0 Å². The number of amides is 2. The summed E-state index contributed by atoms with van der Waals surface area (Å²) in [5.41, 5.74) is -0.488. The molecular formula is C19H35N3O3.